The van der Waals surface area contributed by atoms with Gasteiger partial charge in [-0.25, -0.2) is 14.2 Å². The van der Waals surface area contributed by atoms with E-state index in [1.165, 1.54) is 11.6 Å². The summed E-state index contributed by atoms with van der Waals surface area (Å²) < 4.78 is 25.1. The number of rotatable bonds is 5. The second-order valence-corrected chi connectivity index (χ2v) is 8.58. The van der Waals surface area contributed by atoms with Crippen LogP contribution in [0.3, 0.4) is 0 Å². The number of ether oxygens (including phenoxy) is 2. The fraction of sp³-hybridized carbons (Fsp3) is 0.185. The Bertz CT molecular complexity index is 1200. The van der Waals surface area contributed by atoms with Crippen LogP contribution in [0.4, 0.5) is 4.39 Å². The summed E-state index contributed by atoms with van der Waals surface area (Å²) in [7, 11) is 0. The molecule has 1 heterocycles. The van der Waals surface area contributed by atoms with E-state index in [-0.39, 0.29) is 29.4 Å². The molecule has 0 aromatic heterocycles. The summed E-state index contributed by atoms with van der Waals surface area (Å²) in [6, 6.07) is 21.5. The molecule has 4 rings (SSSR count). The number of hydrogen-bond donors (Lipinski definition) is 0. The number of cyclic esters (lactones) is 1. The van der Waals surface area contributed by atoms with Crippen molar-refractivity contribution >= 4 is 17.9 Å². The van der Waals surface area contributed by atoms with Gasteiger partial charge < -0.3 is 9.47 Å². The van der Waals surface area contributed by atoms with Gasteiger partial charge in [0, 0.05) is 16.7 Å². The fourth-order valence-corrected chi connectivity index (χ4v) is 3.29. The molecule has 3 aromatic rings. The van der Waals surface area contributed by atoms with Crippen LogP contribution in [0.15, 0.2) is 83.5 Å². The molecule has 0 radical (unpaired) electrons. The normalized spacial score (nSPS) is 14.9. The SMILES string of the molecule is CC(C)(C)c1ccc(C2=N/C(=C\c3ccccc3OCc3ccccc3F)C(=O)O2)cc1. The molecule has 0 fully saturated rings. The van der Waals surface area contributed by atoms with Crippen LogP contribution in [0, 0.1) is 5.82 Å². The molecule has 0 unspecified atom stereocenters. The van der Waals surface area contributed by atoms with Gasteiger partial charge in [-0.15, -0.1) is 0 Å². The van der Waals surface area contributed by atoms with Crippen LogP contribution < -0.4 is 4.74 Å². The van der Waals surface area contributed by atoms with E-state index in [4.69, 9.17) is 9.47 Å². The third-order valence-electron chi connectivity index (χ3n) is 5.17. The third kappa shape index (κ3) is 4.78. The Labute approximate surface area is 187 Å². The summed E-state index contributed by atoms with van der Waals surface area (Å²) >= 11 is 0. The number of esters is 1. The van der Waals surface area contributed by atoms with E-state index < -0.39 is 5.97 Å². The molecule has 0 N–H and O–H groups in total. The summed E-state index contributed by atoms with van der Waals surface area (Å²) in [6.07, 6.45) is 1.62. The Morgan fingerprint density at radius 2 is 1.66 bits per heavy atom. The van der Waals surface area contributed by atoms with Gasteiger partial charge in [0.25, 0.3) is 0 Å². The van der Waals surface area contributed by atoms with Gasteiger partial charge in [-0.3, -0.25) is 0 Å². The van der Waals surface area contributed by atoms with E-state index in [0.717, 1.165) is 5.56 Å². The van der Waals surface area contributed by atoms with Crippen LogP contribution in [0.5, 0.6) is 5.75 Å². The number of nitrogens with zero attached hydrogens (tertiary/aromatic N) is 1. The molecule has 3 aromatic carbocycles. The average molecular weight is 429 g/mol. The van der Waals surface area contributed by atoms with E-state index in [9.17, 15) is 9.18 Å². The van der Waals surface area contributed by atoms with Crippen molar-refractivity contribution in [1.29, 1.82) is 0 Å². The van der Waals surface area contributed by atoms with Crippen molar-refractivity contribution in [2.45, 2.75) is 32.8 Å². The Morgan fingerprint density at radius 1 is 0.969 bits per heavy atom. The molecule has 0 saturated heterocycles. The summed E-state index contributed by atoms with van der Waals surface area (Å²) in [6.45, 7) is 6.50. The highest BCUT2D eigenvalue weighted by Crippen LogP contribution is 2.27. The molecule has 32 heavy (non-hydrogen) atoms. The molecule has 0 amide bonds. The lowest BCUT2D eigenvalue weighted by Gasteiger charge is -2.18. The minimum atomic E-state index is -0.524. The highest BCUT2D eigenvalue weighted by molar-refractivity contribution is 6.13. The largest absolute Gasteiger partial charge is 0.488 e. The van der Waals surface area contributed by atoms with Gasteiger partial charge in [0.1, 0.15) is 18.2 Å². The maximum absolute atomic E-state index is 13.9. The van der Waals surface area contributed by atoms with Crippen molar-refractivity contribution in [1.82, 2.24) is 0 Å². The lowest BCUT2D eigenvalue weighted by Crippen LogP contribution is -2.11. The number of aliphatic imine (C=N–C) groups is 1. The van der Waals surface area contributed by atoms with Gasteiger partial charge >= 0.3 is 5.97 Å². The van der Waals surface area contributed by atoms with E-state index in [0.29, 0.717) is 16.9 Å². The first kappa shape index (κ1) is 21.5. The first-order valence-electron chi connectivity index (χ1n) is 10.4. The smallest absolute Gasteiger partial charge is 0.363 e. The number of benzene rings is 3. The Kier molecular flexibility index (Phi) is 5.91. The predicted octanol–water partition coefficient (Wildman–Crippen LogP) is 6.05. The van der Waals surface area contributed by atoms with Crippen LogP contribution in [-0.2, 0) is 21.6 Å². The van der Waals surface area contributed by atoms with Gasteiger partial charge in [0.2, 0.25) is 5.90 Å². The standard InChI is InChI=1S/C27H24FNO3/c1-27(2,3)21-14-12-18(13-15-21)25-29-23(26(30)32-25)16-19-8-5-7-11-24(19)31-17-20-9-4-6-10-22(20)28/h4-16H,17H2,1-3H3/b23-16-. The average Bonchev–Trinajstić information content (AvgIpc) is 3.14. The second kappa shape index (κ2) is 8.79. The van der Waals surface area contributed by atoms with Crippen molar-refractivity contribution in [3.05, 3.63) is 107 Å². The minimum Gasteiger partial charge on any atom is -0.488 e. The molecule has 0 bridgehead atoms. The van der Waals surface area contributed by atoms with Crippen LogP contribution in [0.25, 0.3) is 6.08 Å². The van der Waals surface area contributed by atoms with Crippen molar-refractivity contribution < 1.29 is 18.7 Å². The van der Waals surface area contributed by atoms with Crippen molar-refractivity contribution in [3.8, 4) is 5.75 Å². The Balaban J connectivity index is 1.57. The Morgan fingerprint density at radius 3 is 2.38 bits per heavy atom. The lowest BCUT2D eigenvalue weighted by atomic mass is 9.87. The maximum Gasteiger partial charge on any atom is 0.363 e. The molecule has 4 nitrogen and oxygen atoms in total. The van der Waals surface area contributed by atoms with Crippen LogP contribution in [-0.4, -0.2) is 11.9 Å². The summed E-state index contributed by atoms with van der Waals surface area (Å²) in [5, 5.41) is 0. The lowest BCUT2D eigenvalue weighted by molar-refractivity contribution is -0.129. The molecular formula is C27H24FNO3. The third-order valence-corrected chi connectivity index (χ3v) is 5.17. The van der Waals surface area contributed by atoms with Gasteiger partial charge in [0.15, 0.2) is 5.70 Å². The first-order chi connectivity index (χ1) is 15.3. The molecule has 0 saturated carbocycles. The first-order valence-corrected chi connectivity index (χ1v) is 10.4. The molecule has 162 valence electrons. The summed E-state index contributed by atoms with van der Waals surface area (Å²) in [4.78, 5) is 16.8. The molecule has 1 aliphatic rings. The van der Waals surface area contributed by atoms with Gasteiger partial charge in [-0.2, -0.15) is 0 Å². The van der Waals surface area contributed by atoms with Crippen molar-refractivity contribution in [2.75, 3.05) is 0 Å². The number of para-hydroxylation sites is 1. The highest BCUT2D eigenvalue weighted by Gasteiger charge is 2.25. The van der Waals surface area contributed by atoms with Crippen molar-refractivity contribution in [3.63, 3.8) is 0 Å². The maximum atomic E-state index is 13.9. The minimum absolute atomic E-state index is 0.0319. The van der Waals surface area contributed by atoms with E-state index in [1.54, 1.807) is 30.3 Å². The second-order valence-electron chi connectivity index (χ2n) is 8.58. The van der Waals surface area contributed by atoms with Crippen molar-refractivity contribution in [2.24, 2.45) is 4.99 Å². The van der Waals surface area contributed by atoms with Crippen LogP contribution >= 0.6 is 0 Å². The topological polar surface area (TPSA) is 47.9 Å². The fourth-order valence-electron chi connectivity index (χ4n) is 3.29. The summed E-state index contributed by atoms with van der Waals surface area (Å²) in [5.41, 5.74) is 3.24. The molecule has 0 aliphatic carbocycles. The monoisotopic (exact) mass is 429 g/mol. The highest BCUT2D eigenvalue weighted by atomic mass is 19.1. The molecule has 0 atom stereocenters. The number of halogens is 1. The van der Waals surface area contributed by atoms with Crippen LogP contribution in [0.1, 0.15) is 43.0 Å². The quantitative estimate of drug-likeness (QED) is 0.367. The molecule has 0 spiro atoms. The zero-order valence-electron chi connectivity index (χ0n) is 18.3. The van der Waals surface area contributed by atoms with Gasteiger partial charge in [-0.05, 0) is 41.3 Å². The molecule has 5 heteroatoms. The summed E-state index contributed by atoms with van der Waals surface area (Å²) in [5.74, 6) is -0.0565. The zero-order chi connectivity index (χ0) is 22.7. The Hall–Kier alpha value is -3.73. The van der Waals surface area contributed by atoms with Gasteiger partial charge in [0.05, 0.1) is 0 Å². The van der Waals surface area contributed by atoms with Crippen LogP contribution in [0.2, 0.25) is 0 Å². The zero-order valence-corrected chi connectivity index (χ0v) is 18.3. The van der Waals surface area contributed by atoms with E-state index in [2.05, 4.69) is 25.8 Å². The molecule has 1 aliphatic heterocycles. The number of carbonyl (C=O) groups is 1. The number of hydrogen-bond acceptors (Lipinski definition) is 4. The molecular weight excluding hydrogens is 405 g/mol. The predicted molar refractivity (Wildman–Crippen MR) is 123 cm³/mol. The van der Waals surface area contributed by atoms with Gasteiger partial charge in [-0.1, -0.05) is 69.3 Å². The van der Waals surface area contributed by atoms with E-state index >= 15 is 0 Å². The number of carbonyl (C=O) groups excluding carboxylic acids is 1. The van der Waals surface area contributed by atoms with E-state index in [1.807, 2.05) is 42.5 Å².